The highest BCUT2D eigenvalue weighted by molar-refractivity contribution is 7.15. The van der Waals surface area contributed by atoms with Gasteiger partial charge in [-0.25, -0.2) is 0 Å². The van der Waals surface area contributed by atoms with Crippen molar-refractivity contribution in [2.24, 2.45) is 5.73 Å². The standard InChI is InChI=1S/C15H18N4O3S/c1-2-3-8-13-18-19-15(23-13)17-14(21)10-6-4-5-7-11(10)22-9-12(16)20/h4-7H,2-3,8-9H2,1H3,(H2,16,20)(H,17,19,21). The lowest BCUT2D eigenvalue weighted by Gasteiger charge is -2.09. The number of nitrogens with one attached hydrogen (secondary N) is 1. The number of carbonyl (C=O) groups excluding carboxylic acids is 2. The highest BCUT2D eigenvalue weighted by atomic mass is 32.1. The fraction of sp³-hybridized carbons (Fsp3) is 0.333. The number of hydrogen-bond donors (Lipinski definition) is 2. The molecule has 0 aliphatic heterocycles. The zero-order chi connectivity index (χ0) is 16.7. The van der Waals surface area contributed by atoms with Gasteiger partial charge in [0.2, 0.25) is 5.13 Å². The summed E-state index contributed by atoms with van der Waals surface area (Å²) in [4.78, 5) is 23.1. The van der Waals surface area contributed by atoms with E-state index >= 15 is 0 Å². The summed E-state index contributed by atoms with van der Waals surface area (Å²) < 4.78 is 5.25. The number of para-hydroxylation sites is 1. The Morgan fingerprint density at radius 1 is 1.30 bits per heavy atom. The molecule has 0 atom stereocenters. The Balaban J connectivity index is 2.05. The van der Waals surface area contributed by atoms with Gasteiger partial charge in [0, 0.05) is 6.42 Å². The van der Waals surface area contributed by atoms with Crippen molar-refractivity contribution in [3.05, 3.63) is 34.8 Å². The summed E-state index contributed by atoms with van der Waals surface area (Å²) in [5.41, 5.74) is 5.36. The van der Waals surface area contributed by atoms with E-state index in [0.29, 0.717) is 16.4 Å². The first kappa shape index (κ1) is 16.9. The molecule has 1 heterocycles. The molecule has 3 N–H and O–H groups in total. The number of unbranched alkanes of at least 4 members (excludes halogenated alkanes) is 1. The molecular formula is C15H18N4O3S. The highest BCUT2D eigenvalue weighted by Crippen LogP contribution is 2.22. The number of ether oxygens (including phenoxy) is 1. The number of hydrogen-bond acceptors (Lipinski definition) is 6. The van der Waals surface area contributed by atoms with Crippen LogP contribution in [0.4, 0.5) is 5.13 Å². The maximum atomic E-state index is 12.3. The number of amides is 2. The molecule has 0 bridgehead atoms. The first-order valence-electron chi connectivity index (χ1n) is 7.24. The number of rotatable bonds is 8. The molecule has 2 amide bonds. The minimum atomic E-state index is -0.607. The Kier molecular flexibility index (Phi) is 6.04. The molecule has 1 aromatic heterocycles. The van der Waals surface area contributed by atoms with E-state index < -0.39 is 5.91 Å². The Morgan fingerprint density at radius 3 is 2.83 bits per heavy atom. The molecule has 7 nitrogen and oxygen atoms in total. The summed E-state index contributed by atoms with van der Waals surface area (Å²) in [5.74, 6) is -0.687. The van der Waals surface area contributed by atoms with Gasteiger partial charge in [0.15, 0.2) is 6.61 Å². The van der Waals surface area contributed by atoms with Gasteiger partial charge in [-0.1, -0.05) is 36.8 Å². The van der Waals surface area contributed by atoms with Crippen molar-refractivity contribution in [2.45, 2.75) is 26.2 Å². The maximum absolute atomic E-state index is 12.3. The van der Waals surface area contributed by atoms with Gasteiger partial charge in [-0.2, -0.15) is 0 Å². The smallest absolute Gasteiger partial charge is 0.261 e. The van der Waals surface area contributed by atoms with Crippen LogP contribution in [0.2, 0.25) is 0 Å². The van der Waals surface area contributed by atoms with Gasteiger partial charge in [0.25, 0.3) is 11.8 Å². The van der Waals surface area contributed by atoms with Crippen LogP contribution < -0.4 is 15.8 Å². The molecule has 0 fully saturated rings. The van der Waals surface area contributed by atoms with Gasteiger partial charge in [-0.05, 0) is 18.6 Å². The van der Waals surface area contributed by atoms with Crippen molar-refractivity contribution in [1.29, 1.82) is 0 Å². The van der Waals surface area contributed by atoms with Crippen LogP contribution in [-0.2, 0) is 11.2 Å². The van der Waals surface area contributed by atoms with Crippen LogP contribution in [0.25, 0.3) is 0 Å². The Labute approximate surface area is 137 Å². The SMILES string of the molecule is CCCCc1nnc(NC(=O)c2ccccc2OCC(N)=O)s1. The van der Waals surface area contributed by atoms with E-state index in [1.54, 1.807) is 24.3 Å². The van der Waals surface area contributed by atoms with Crippen LogP contribution in [0.5, 0.6) is 5.75 Å². The summed E-state index contributed by atoms with van der Waals surface area (Å²) in [5, 5.41) is 12.0. The van der Waals surface area contributed by atoms with E-state index in [9.17, 15) is 9.59 Å². The van der Waals surface area contributed by atoms with Gasteiger partial charge in [0.05, 0.1) is 5.56 Å². The number of aryl methyl sites for hydroxylation is 1. The molecule has 8 heteroatoms. The van der Waals surface area contributed by atoms with E-state index in [1.807, 2.05) is 0 Å². The number of nitrogens with two attached hydrogens (primary N) is 1. The zero-order valence-electron chi connectivity index (χ0n) is 12.7. The number of aromatic nitrogens is 2. The molecule has 0 unspecified atom stereocenters. The molecule has 0 radical (unpaired) electrons. The molecule has 1 aromatic carbocycles. The molecule has 0 saturated carbocycles. The van der Waals surface area contributed by atoms with Gasteiger partial charge < -0.3 is 10.5 Å². The van der Waals surface area contributed by atoms with E-state index in [2.05, 4.69) is 22.4 Å². The van der Waals surface area contributed by atoms with Gasteiger partial charge >= 0.3 is 0 Å². The molecule has 0 spiro atoms. The summed E-state index contributed by atoms with van der Waals surface area (Å²) in [6.45, 7) is 1.82. The molecular weight excluding hydrogens is 316 g/mol. The van der Waals surface area contributed by atoms with Crippen LogP contribution in [0.1, 0.15) is 35.1 Å². The van der Waals surface area contributed by atoms with Crippen LogP contribution in [0.15, 0.2) is 24.3 Å². The fourth-order valence-electron chi connectivity index (χ4n) is 1.83. The maximum Gasteiger partial charge on any atom is 0.261 e. The normalized spacial score (nSPS) is 10.3. The Hall–Kier alpha value is -2.48. The first-order chi connectivity index (χ1) is 11.1. The van der Waals surface area contributed by atoms with E-state index in [-0.39, 0.29) is 12.5 Å². The van der Waals surface area contributed by atoms with Crippen molar-refractivity contribution in [3.8, 4) is 5.75 Å². The van der Waals surface area contributed by atoms with Crippen LogP contribution in [0.3, 0.4) is 0 Å². The zero-order valence-corrected chi connectivity index (χ0v) is 13.6. The summed E-state index contributed by atoms with van der Waals surface area (Å²) in [6, 6.07) is 6.62. The van der Waals surface area contributed by atoms with Crippen molar-refractivity contribution >= 4 is 28.3 Å². The first-order valence-corrected chi connectivity index (χ1v) is 8.05. The average Bonchev–Trinajstić information content (AvgIpc) is 2.98. The lowest BCUT2D eigenvalue weighted by atomic mass is 10.2. The van der Waals surface area contributed by atoms with Crippen LogP contribution in [-0.4, -0.2) is 28.6 Å². The molecule has 0 saturated heterocycles. The molecule has 122 valence electrons. The van der Waals surface area contributed by atoms with Crippen LogP contribution >= 0.6 is 11.3 Å². The van der Waals surface area contributed by atoms with Gasteiger partial charge in [0.1, 0.15) is 10.8 Å². The van der Waals surface area contributed by atoms with E-state index in [1.165, 1.54) is 11.3 Å². The second-order valence-electron chi connectivity index (χ2n) is 4.81. The Morgan fingerprint density at radius 2 is 2.09 bits per heavy atom. The number of anilines is 1. The lowest BCUT2D eigenvalue weighted by molar-refractivity contribution is -0.119. The number of nitrogens with zero attached hydrogens (tertiary/aromatic N) is 2. The molecule has 2 aromatic rings. The molecule has 2 rings (SSSR count). The molecule has 0 aliphatic carbocycles. The monoisotopic (exact) mass is 334 g/mol. The summed E-state index contributed by atoms with van der Waals surface area (Å²) >= 11 is 1.35. The quantitative estimate of drug-likeness (QED) is 0.768. The second-order valence-corrected chi connectivity index (χ2v) is 5.87. The Bertz CT molecular complexity index is 687. The third kappa shape index (κ3) is 5.03. The van der Waals surface area contributed by atoms with Crippen molar-refractivity contribution < 1.29 is 14.3 Å². The van der Waals surface area contributed by atoms with E-state index in [4.69, 9.17) is 10.5 Å². The second kappa shape index (κ2) is 8.23. The largest absolute Gasteiger partial charge is 0.483 e. The number of carbonyl (C=O) groups is 2. The highest BCUT2D eigenvalue weighted by Gasteiger charge is 2.15. The van der Waals surface area contributed by atoms with Crippen molar-refractivity contribution in [2.75, 3.05) is 11.9 Å². The predicted molar refractivity (Wildman–Crippen MR) is 87.6 cm³/mol. The topological polar surface area (TPSA) is 107 Å². The van der Waals surface area contributed by atoms with Gasteiger partial charge in [-0.3, -0.25) is 14.9 Å². The minimum Gasteiger partial charge on any atom is -0.483 e. The predicted octanol–water partition coefficient (Wildman–Crippen LogP) is 2.00. The molecule has 0 aliphatic rings. The lowest BCUT2D eigenvalue weighted by Crippen LogP contribution is -2.21. The summed E-state index contributed by atoms with van der Waals surface area (Å²) in [7, 11) is 0. The minimum absolute atomic E-state index is 0.287. The number of benzene rings is 1. The molecule has 23 heavy (non-hydrogen) atoms. The number of primary amides is 1. The average molecular weight is 334 g/mol. The van der Waals surface area contributed by atoms with Crippen LogP contribution in [0, 0.1) is 0 Å². The van der Waals surface area contributed by atoms with E-state index in [0.717, 1.165) is 24.3 Å². The third-order valence-corrected chi connectivity index (χ3v) is 3.83. The van der Waals surface area contributed by atoms with Crippen molar-refractivity contribution in [1.82, 2.24) is 10.2 Å². The van der Waals surface area contributed by atoms with Crippen molar-refractivity contribution in [3.63, 3.8) is 0 Å². The summed E-state index contributed by atoms with van der Waals surface area (Å²) in [6.07, 6.45) is 2.96. The van der Waals surface area contributed by atoms with Gasteiger partial charge in [-0.15, -0.1) is 10.2 Å². The third-order valence-electron chi connectivity index (χ3n) is 2.93. The fourth-order valence-corrected chi connectivity index (χ4v) is 2.60.